The maximum absolute atomic E-state index is 13.5. The van der Waals surface area contributed by atoms with Gasteiger partial charge in [0.25, 0.3) is 0 Å². The highest BCUT2D eigenvalue weighted by Crippen LogP contribution is 2.20. The third-order valence-corrected chi connectivity index (χ3v) is 3.22. The average molecular weight is 262 g/mol. The van der Waals surface area contributed by atoms with Crippen LogP contribution >= 0.6 is 0 Å². The predicted octanol–water partition coefficient (Wildman–Crippen LogP) is 3.02. The number of rotatable bonds is 5. The SMILES string of the molecule is CCCn1ccnc1CC(O)c1ccc(C)c(F)c1. The Balaban J connectivity index is 2.13. The molecule has 1 N–H and O–H groups in total. The monoisotopic (exact) mass is 262 g/mol. The zero-order valence-electron chi connectivity index (χ0n) is 11.3. The quantitative estimate of drug-likeness (QED) is 0.899. The topological polar surface area (TPSA) is 38.0 Å². The van der Waals surface area contributed by atoms with Gasteiger partial charge in [0, 0.05) is 25.4 Å². The Morgan fingerprint density at radius 1 is 1.42 bits per heavy atom. The molecule has 4 heteroatoms. The molecule has 0 spiro atoms. The Hall–Kier alpha value is -1.68. The van der Waals surface area contributed by atoms with Crippen molar-refractivity contribution in [3.63, 3.8) is 0 Å². The molecule has 19 heavy (non-hydrogen) atoms. The molecule has 0 aliphatic heterocycles. The standard InChI is InChI=1S/C15H19FN2O/c1-3-7-18-8-6-17-15(18)10-14(19)12-5-4-11(2)13(16)9-12/h4-6,8-9,14,19H,3,7,10H2,1-2H3. The van der Waals surface area contributed by atoms with Crippen molar-refractivity contribution in [1.29, 1.82) is 0 Å². The van der Waals surface area contributed by atoms with Crippen molar-refractivity contribution >= 4 is 0 Å². The molecule has 1 heterocycles. The summed E-state index contributed by atoms with van der Waals surface area (Å²) in [5.74, 6) is 0.545. The normalized spacial score (nSPS) is 12.6. The number of hydrogen-bond acceptors (Lipinski definition) is 2. The van der Waals surface area contributed by atoms with Crippen LogP contribution in [-0.4, -0.2) is 14.7 Å². The predicted molar refractivity (Wildman–Crippen MR) is 72.3 cm³/mol. The van der Waals surface area contributed by atoms with E-state index in [1.54, 1.807) is 25.3 Å². The van der Waals surface area contributed by atoms with E-state index in [9.17, 15) is 9.50 Å². The van der Waals surface area contributed by atoms with E-state index in [0.29, 0.717) is 17.5 Å². The van der Waals surface area contributed by atoms with Crippen molar-refractivity contribution in [3.05, 3.63) is 53.4 Å². The number of aromatic nitrogens is 2. The summed E-state index contributed by atoms with van der Waals surface area (Å²) in [6, 6.07) is 4.84. The number of aryl methyl sites for hydroxylation is 2. The minimum Gasteiger partial charge on any atom is -0.388 e. The van der Waals surface area contributed by atoms with E-state index < -0.39 is 6.10 Å². The second-order valence-electron chi connectivity index (χ2n) is 4.77. The summed E-state index contributed by atoms with van der Waals surface area (Å²) < 4.78 is 15.5. The van der Waals surface area contributed by atoms with Crippen molar-refractivity contribution in [2.75, 3.05) is 0 Å². The van der Waals surface area contributed by atoms with Gasteiger partial charge >= 0.3 is 0 Å². The molecule has 1 aromatic heterocycles. The van der Waals surface area contributed by atoms with Crippen LogP contribution in [0.1, 0.15) is 36.4 Å². The van der Waals surface area contributed by atoms with Gasteiger partial charge in [-0.15, -0.1) is 0 Å². The zero-order chi connectivity index (χ0) is 13.8. The number of halogens is 1. The summed E-state index contributed by atoms with van der Waals surface area (Å²) in [6.45, 7) is 4.68. The number of aliphatic hydroxyl groups excluding tert-OH is 1. The third kappa shape index (κ3) is 3.20. The Bertz CT molecular complexity index is 551. The number of imidazole rings is 1. The van der Waals surface area contributed by atoms with Crippen molar-refractivity contribution in [3.8, 4) is 0 Å². The molecule has 0 fully saturated rings. The lowest BCUT2D eigenvalue weighted by molar-refractivity contribution is 0.174. The molecule has 1 aromatic carbocycles. The molecular formula is C15H19FN2O. The summed E-state index contributed by atoms with van der Waals surface area (Å²) in [5.41, 5.74) is 1.18. The third-order valence-electron chi connectivity index (χ3n) is 3.22. The summed E-state index contributed by atoms with van der Waals surface area (Å²) >= 11 is 0. The summed E-state index contributed by atoms with van der Waals surface area (Å²) in [7, 11) is 0. The molecule has 2 rings (SSSR count). The van der Waals surface area contributed by atoms with Crippen LogP contribution in [0.15, 0.2) is 30.6 Å². The van der Waals surface area contributed by atoms with E-state index in [-0.39, 0.29) is 5.82 Å². The van der Waals surface area contributed by atoms with Crippen molar-refractivity contribution in [2.45, 2.75) is 39.3 Å². The van der Waals surface area contributed by atoms with Crippen LogP contribution in [0.25, 0.3) is 0 Å². The van der Waals surface area contributed by atoms with E-state index in [2.05, 4.69) is 11.9 Å². The molecule has 0 saturated heterocycles. The molecule has 0 aliphatic carbocycles. The van der Waals surface area contributed by atoms with Crippen molar-refractivity contribution in [2.24, 2.45) is 0 Å². The van der Waals surface area contributed by atoms with Gasteiger partial charge in [0.1, 0.15) is 11.6 Å². The Morgan fingerprint density at radius 2 is 2.21 bits per heavy atom. The Morgan fingerprint density at radius 3 is 2.89 bits per heavy atom. The number of nitrogens with zero attached hydrogens (tertiary/aromatic N) is 2. The minimum absolute atomic E-state index is 0.284. The lowest BCUT2D eigenvalue weighted by Crippen LogP contribution is -2.09. The maximum atomic E-state index is 13.5. The second-order valence-corrected chi connectivity index (χ2v) is 4.77. The fourth-order valence-electron chi connectivity index (χ4n) is 2.08. The first kappa shape index (κ1) is 13.7. The second kappa shape index (κ2) is 5.97. The largest absolute Gasteiger partial charge is 0.388 e. The number of aliphatic hydroxyl groups is 1. The smallest absolute Gasteiger partial charge is 0.126 e. The molecule has 0 bridgehead atoms. The molecular weight excluding hydrogens is 243 g/mol. The van der Waals surface area contributed by atoms with Crippen LogP contribution in [0.3, 0.4) is 0 Å². The van der Waals surface area contributed by atoms with Gasteiger partial charge in [-0.1, -0.05) is 19.1 Å². The van der Waals surface area contributed by atoms with Gasteiger partial charge in [-0.25, -0.2) is 9.37 Å². The Labute approximate surface area is 112 Å². The first-order valence-corrected chi connectivity index (χ1v) is 6.56. The van der Waals surface area contributed by atoms with Gasteiger partial charge in [-0.05, 0) is 30.5 Å². The van der Waals surface area contributed by atoms with E-state index in [0.717, 1.165) is 18.8 Å². The highest BCUT2D eigenvalue weighted by molar-refractivity contribution is 5.25. The molecule has 0 amide bonds. The van der Waals surface area contributed by atoms with E-state index >= 15 is 0 Å². The molecule has 1 atom stereocenters. The van der Waals surface area contributed by atoms with Crippen molar-refractivity contribution in [1.82, 2.24) is 9.55 Å². The highest BCUT2D eigenvalue weighted by atomic mass is 19.1. The number of benzene rings is 1. The van der Waals surface area contributed by atoms with E-state index in [1.165, 1.54) is 6.07 Å². The van der Waals surface area contributed by atoms with Crippen LogP contribution in [0.5, 0.6) is 0 Å². The molecule has 0 radical (unpaired) electrons. The van der Waals surface area contributed by atoms with Crippen LogP contribution in [0, 0.1) is 12.7 Å². The molecule has 0 aliphatic rings. The molecule has 0 saturated carbocycles. The summed E-state index contributed by atoms with van der Waals surface area (Å²) in [6.07, 6.45) is 4.32. The van der Waals surface area contributed by atoms with Gasteiger partial charge in [-0.3, -0.25) is 0 Å². The summed E-state index contributed by atoms with van der Waals surface area (Å²) in [5, 5.41) is 10.2. The van der Waals surface area contributed by atoms with Crippen molar-refractivity contribution < 1.29 is 9.50 Å². The van der Waals surface area contributed by atoms with Gasteiger partial charge in [0.05, 0.1) is 6.10 Å². The first-order chi connectivity index (χ1) is 9.11. The van der Waals surface area contributed by atoms with E-state index in [4.69, 9.17) is 0 Å². The zero-order valence-corrected chi connectivity index (χ0v) is 11.3. The van der Waals surface area contributed by atoms with Crippen LogP contribution < -0.4 is 0 Å². The fraction of sp³-hybridized carbons (Fsp3) is 0.400. The summed E-state index contributed by atoms with van der Waals surface area (Å²) in [4.78, 5) is 4.25. The van der Waals surface area contributed by atoms with Crippen LogP contribution in [0.4, 0.5) is 4.39 Å². The maximum Gasteiger partial charge on any atom is 0.126 e. The molecule has 2 aromatic rings. The molecule has 102 valence electrons. The minimum atomic E-state index is -0.729. The fourth-order valence-corrected chi connectivity index (χ4v) is 2.08. The van der Waals surface area contributed by atoms with Gasteiger partial charge in [0.2, 0.25) is 0 Å². The van der Waals surface area contributed by atoms with Gasteiger partial charge in [-0.2, -0.15) is 0 Å². The molecule has 1 unspecified atom stereocenters. The van der Waals surface area contributed by atoms with Gasteiger partial charge < -0.3 is 9.67 Å². The van der Waals surface area contributed by atoms with Crippen LogP contribution in [-0.2, 0) is 13.0 Å². The lowest BCUT2D eigenvalue weighted by atomic mass is 10.0. The van der Waals surface area contributed by atoms with Crippen LogP contribution in [0.2, 0.25) is 0 Å². The lowest BCUT2D eigenvalue weighted by Gasteiger charge is -2.13. The highest BCUT2D eigenvalue weighted by Gasteiger charge is 2.13. The van der Waals surface area contributed by atoms with Gasteiger partial charge in [0.15, 0.2) is 0 Å². The molecule has 3 nitrogen and oxygen atoms in total. The Kier molecular flexibility index (Phi) is 4.32. The van der Waals surface area contributed by atoms with E-state index in [1.807, 2.05) is 10.8 Å². The average Bonchev–Trinajstić information content (AvgIpc) is 2.80. The first-order valence-electron chi connectivity index (χ1n) is 6.56. The number of hydrogen-bond donors (Lipinski definition) is 1.